The zero-order chi connectivity index (χ0) is 12.2. The molecule has 1 rings (SSSR count). The molecule has 0 unspecified atom stereocenters. The molecule has 0 radical (unpaired) electrons. The van der Waals surface area contributed by atoms with Crippen molar-refractivity contribution in [3.05, 3.63) is 0 Å². The van der Waals surface area contributed by atoms with E-state index in [4.69, 9.17) is 4.74 Å². The molecule has 0 spiro atoms. The molecule has 0 aromatic carbocycles. The first kappa shape index (κ1) is 13.8. The third kappa shape index (κ3) is 4.74. The Morgan fingerprint density at radius 3 is 2.69 bits per heavy atom. The number of rotatable bonds is 4. The number of amidine groups is 1. The first-order chi connectivity index (χ1) is 7.35. The summed E-state index contributed by atoms with van der Waals surface area (Å²) >= 11 is 1.81. The van der Waals surface area contributed by atoms with Gasteiger partial charge in [0.25, 0.3) is 0 Å². The molecule has 16 heavy (non-hydrogen) atoms. The van der Waals surface area contributed by atoms with E-state index in [-0.39, 0.29) is 5.60 Å². The van der Waals surface area contributed by atoms with Gasteiger partial charge in [-0.15, -0.1) is 0 Å². The number of ether oxygens (including phenoxy) is 1. The van der Waals surface area contributed by atoms with E-state index >= 15 is 0 Å². The van der Waals surface area contributed by atoms with E-state index in [1.54, 1.807) is 0 Å². The van der Waals surface area contributed by atoms with Crippen molar-refractivity contribution < 1.29 is 4.74 Å². The summed E-state index contributed by atoms with van der Waals surface area (Å²) in [6.07, 6.45) is 0. The minimum Gasteiger partial charge on any atom is -0.374 e. The SMILES string of the molecule is CCOC(C)(C)CNC1=NCC(C)(C)CS1. The molecule has 0 atom stereocenters. The van der Waals surface area contributed by atoms with Crippen LogP contribution in [-0.2, 0) is 4.74 Å². The highest BCUT2D eigenvalue weighted by Gasteiger charge is 2.24. The van der Waals surface area contributed by atoms with E-state index in [0.717, 1.165) is 30.6 Å². The summed E-state index contributed by atoms with van der Waals surface area (Å²) in [5.74, 6) is 1.13. The summed E-state index contributed by atoms with van der Waals surface area (Å²) in [5.41, 5.74) is 0.218. The van der Waals surface area contributed by atoms with Crippen molar-refractivity contribution in [3.8, 4) is 0 Å². The fourth-order valence-electron chi connectivity index (χ4n) is 1.48. The van der Waals surface area contributed by atoms with Gasteiger partial charge in [-0.25, -0.2) is 0 Å². The van der Waals surface area contributed by atoms with Crippen LogP contribution in [0.5, 0.6) is 0 Å². The van der Waals surface area contributed by atoms with Crippen LogP contribution in [0.1, 0.15) is 34.6 Å². The second-order valence-corrected chi connectivity index (χ2v) is 6.58. The molecule has 0 aliphatic carbocycles. The maximum atomic E-state index is 5.63. The topological polar surface area (TPSA) is 33.6 Å². The van der Waals surface area contributed by atoms with E-state index in [1.165, 1.54) is 0 Å². The Labute approximate surface area is 103 Å². The Hall–Kier alpha value is -0.220. The number of nitrogens with zero attached hydrogens (tertiary/aromatic N) is 1. The van der Waals surface area contributed by atoms with E-state index in [1.807, 2.05) is 18.7 Å². The van der Waals surface area contributed by atoms with E-state index in [9.17, 15) is 0 Å². The van der Waals surface area contributed by atoms with Crippen LogP contribution in [0.15, 0.2) is 4.99 Å². The van der Waals surface area contributed by atoms with Gasteiger partial charge < -0.3 is 10.1 Å². The van der Waals surface area contributed by atoms with Gasteiger partial charge in [0, 0.05) is 25.4 Å². The molecular formula is C12H24N2OS. The van der Waals surface area contributed by atoms with Gasteiger partial charge in [-0.05, 0) is 26.2 Å². The van der Waals surface area contributed by atoms with Crippen molar-refractivity contribution in [2.45, 2.75) is 40.2 Å². The highest BCUT2D eigenvalue weighted by Crippen LogP contribution is 2.27. The lowest BCUT2D eigenvalue weighted by Crippen LogP contribution is -2.41. The van der Waals surface area contributed by atoms with Gasteiger partial charge in [-0.1, -0.05) is 25.6 Å². The Morgan fingerprint density at radius 2 is 2.19 bits per heavy atom. The zero-order valence-corrected chi connectivity index (χ0v) is 11.9. The van der Waals surface area contributed by atoms with Crippen molar-refractivity contribution in [1.82, 2.24) is 5.32 Å². The summed E-state index contributed by atoms with van der Waals surface area (Å²) in [4.78, 5) is 4.56. The van der Waals surface area contributed by atoms with E-state index < -0.39 is 0 Å². The molecule has 0 bridgehead atoms. The number of nitrogens with one attached hydrogen (secondary N) is 1. The molecule has 0 saturated heterocycles. The van der Waals surface area contributed by atoms with Crippen LogP contribution < -0.4 is 5.32 Å². The molecule has 1 N–H and O–H groups in total. The Morgan fingerprint density at radius 1 is 1.50 bits per heavy atom. The van der Waals surface area contributed by atoms with Crippen LogP contribution in [0.3, 0.4) is 0 Å². The standard InChI is InChI=1S/C12H24N2OS/c1-6-15-12(4,5)8-14-10-13-7-11(2,3)9-16-10/h6-9H2,1-5H3,(H,13,14). The van der Waals surface area contributed by atoms with Crippen molar-refractivity contribution in [3.63, 3.8) is 0 Å². The molecule has 1 aliphatic rings. The molecule has 1 heterocycles. The number of hydrogen-bond acceptors (Lipinski definition) is 4. The summed E-state index contributed by atoms with van der Waals surface area (Å²) in [6, 6.07) is 0. The highest BCUT2D eigenvalue weighted by molar-refractivity contribution is 8.13. The van der Waals surface area contributed by atoms with Gasteiger partial charge in [0.15, 0.2) is 5.17 Å². The van der Waals surface area contributed by atoms with Crippen LogP contribution in [0.4, 0.5) is 0 Å². The smallest absolute Gasteiger partial charge is 0.156 e. The lowest BCUT2D eigenvalue weighted by molar-refractivity contribution is -0.00558. The summed E-state index contributed by atoms with van der Waals surface area (Å²) in [6.45, 7) is 13.2. The van der Waals surface area contributed by atoms with Gasteiger partial charge >= 0.3 is 0 Å². The maximum absolute atomic E-state index is 5.63. The molecule has 0 saturated carbocycles. The third-order valence-corrected chi connectivity index (χ3v) is 3.92. The molecule has 0 fully saturated rings. The number of aliphatic imine (C=N–C) groups is 1. The second kappa shape index (κ2) is 5.41. The number of thioether (sulfide) groups is 1. The Bertz CT molecular complexity index is 262. The predicted octanol–water partition coefficient (Wildman–Crippen LogP) is 2.52. The van der Waals surface area contributed by atoms with Crippen LogP contribution in [0.2, 0.25) is 0 Å². The molecule has 1 aliphatic heterocycles. The summed E-state index contributed by atoms with van der Waals surface area (Å²) in [5, 5.41) is 4.43. The average molecular weight is 244 g/mol. The molecular weight excluding hydrogens is 220 g/mol. The van der Waals surface area contributed by atoms with E-state index in [0.29, 0.717) is 5.41 Å². The minimum absolute atomic E-state index is 0.120. The van der Waals surface area contributed by atoms with Gasteiger partial charge in [0.2, 0.25) is 0 Å². The zero-order valence-electron chi connectivity index (χ0n) is 11.1. The first-order valence-corrected chi connectivity index (χ1v) is 6.88. The fourth-order valence-corrected chi connectivity index (χ4v) is 2.43. The average Bonchev–Trinajstić information content (AvgIpc) is 2.16. The molecule has 0 amide bonds. The molecule has 3 nitrogen and oxygen atoms in total. The second-order valence-electron chi connectivity index (χ2n) is 5.62. The first-order valence-electron chi connectivity index (χ1n) is 5.90. The van der Waals surface area contributed by atoms with Crippen LogP contribution >= 0.6 is 11.8 Å². The van der Waals surface area contributed by atoms with Crippen molar-refractivity contribution in [2.24, 2.45) is 10.4 Å². The van der Waals surface area contributed by atoms with Gasteiger partial charge in [-0.3, -0.25) is 4.99 Å². The quantitative estimate of drug-likeness (QED) is 0.825. The van der Waals surface area contributed by atoms with Crippen LogP contribution in [-0.4, -0.2) is 36.2 Å². The van der Waals surface area contributed by atoms with Crippen molar-refractivity contribution in [1.29, 1.82) is 0 Å². The third-order valence-electron chi connectivity index (χ3n) is 2.45. The van der Waals surface area contributed by atoms with Crippen molar-refractivity contribution >= 4 is 16.9 Å². The Kier molecular flexibility index (Phi) is 4.68. The summed E-state index contributed by atoms with van der Waals surface area (Å²) in [7, 11) is 0. The normalized spacial score (nSPS) is 20.4. The number of hydrogen-bond donors (Lipinski definition) is 1. The predicted molar refractivity (Wildman–Crippen MR) is 72.2 cm³/mol. The molecule has 94 valence electrons. The molecule has 0 aromatic rings. The lowest BCUT2D eigenvalue weighted by Gasteiger charge is -2.30. The summed E-state index contributed by atoms with van der Waals surface area (Å²) < 4.78 is 5.63. The monoisotopic (exact) mass is 244 g/mol. The largest absolute Gasteiger partial charge is 0.374 e. The minimum atomic E-state index is -0.120. The fraction of sp³-hybridized carbons (Fsp3) is 0.917. The van der Waals surface area contributed by atoms with Gasteiger partial charge in [-0.2, -0.15) is 0 Å². The molecule has 4 heteroatoms. The van der Waals surface area contributed by atoms with Gasteiger partial charge in [0.05, 0.1) is 5.60 Å². The Balaban J connectivity index is 2.37. The highest BCUT2D eigenvalue weighted by atomic mass is 32.2. The van der Waals surface area contributed by atoms with Gasteiger partial charge in [0.1, 0.15) is 0 Å². The molecule has 0 aromatic heterocycles. The van der Waals surface area contributed by atoms with Crippen LogP contribution in [0, 0.1) is 5.41 Å². The lowest BCUT2D eigenvalue weighted by atomic mass is 9.97. The maximum Gasteiger partial charge on any atom is 0.156 e. The van der Waals surface area contributed by atoms with Crippen LogP contribution in [0.25, 0.3) is 0 Å². The van der Waals surface area contributed by atoms with E-state index in [2.05, 4.69) is 38.0 Å². The van der Waals surface area contributed by atoms with Crippen molar-refractivity contribution in [2.75, 3.05) is 25.4 Å².